The Labute approximate surface area is 102 Å². The van der Waals surface area contributed by atoms with Gasteiger partial charge in [-0.05, 0) is 6.42 Å². The van der Waals surface area contributed by atoms with Gasteiger partial charge in [-0.1, -0.05) is 0 Å². The van der Waals surface area contributed by atoms with E-state index in [-0.39, 0.29) is 23.1 Å². The molecule has 1 fully saturated rings. The SMILES string of the molecule is NNc1nc(NC2CCS(=O)(=O)C2)c(F)cc1F. The number of pyridine rings is 1. The summed E-state index contributed by atoms with van der Waals surface area (Å²) in [6, 6.07) is 0.210. The van der Waals surface area contributed by atoms with Crippen molar-refractivity contribution in [1.82, 2.24) is 4.98 Å². The largest absolute Gasteiger partial charge is 0.364 e. The highest BCUT2D eigenvalue weighted by atomic mass is 32.2. The van der Waals surface area contributed by atoms with Crippen molar-refractivity contribution in [2.75, 3.05) is 22.2 Å². The second kappa shape index (κ2) is 4.65. The molecule has 0 bridgehead atoms. The van der Waals surface area contributed by atoms with Gasteiger partial charge >= 0.3 is 0 Å². The second-order valence-corrected chi connectivity index (χ2v) is 6.27. The van der Waals surface area contributed by atoms with E-state index in [1.54, 1.807) is 0 Å². The minimum Gasteiger partial charge on any atom is -0.364 e. The second-order valence-electron chi connectivity index (χ2n) is 4.04. The number of anilines is 2. The van der Waals surface area contributed by atoms with E-state index >= 15 is 0 Å². The van der Waals surface area contributed by atoms with Crippen molar-refractivity contribution in [1.29, 1.82) is 0 Å². The van der Waals surface area contributed by atoms with Crippen LogP contribution in [0.15, 0.2) is 6.07 Å². The van der Waals surface area contributed by atoms with E-state index in [1.165, 1.54) is 0 Å². The summed E-state index contributed by atoms with van der Waals surface area (Å²) in [6.07, 6.45) is 0.367. The zero-order valence-corrected chi connectivity index (χ0v) is 10.1. The molecule has 18 heavy (non-hydrogen) atoms. The highest BCUT2D eigenvalue weighted by Gasteiger charge is 2.28. The average molecular weight is 278 g/mol. The third-order valence-corrected chi connectivity index (χ3v) is 4.41. The molecule has 1 aromatic rings. The van der Waals surface area contributed by atoms with Crippen molar-refractivity contribution >= 4 is 21.5 Å². The highest BCUT2D eigenvalue weighted by Crippen LogP contribution is 2.21. The van der Waals surface area contributed by atoms with Crippen LogP contribution in [-0.4, -0.2) is 30.9 Å². The van der Waals surface area contributed by atoms with Gasteiger partial charge in [-0.3, -0.25) is 0 Å². The maximum absolute atomic E-state index is 13.4. The van der Waals surface area contributed by atoms with Gasteiger partial charge in [-0.15, -0.1) is 0 Å². The first-order valence-electron chi connectivity index (χ1n) is 5.21. The standard InChI is InChI=1S/C9H12F2N4O2S/c10-6-3-7(11)9(15-12)14-8(6)13-5-1-2-18(16,17)4-5/h3,5H,1-2,4,12H2,(H2,13,14,15). The molecule has 0 amide bonds. The number of nitrogens with one attached hydrogen (secondary N) is 2. The van der Waals surface area contributed by atoms with Crippen molar-refractivity contribution in [3.05, 3.63) is 17.7 Å². The normalized spacial score (nSPS) is 21.8. The molecule has 100 valence electrons. The van der Waals surface area contributed by atoms with Crippen LogP contribution >= 0.6 is 0 Å². The number of nitrogens with zero attached hydrogens (tertiary/aromatic N) is 1. The Morgan fingerprint density at radius 3 is 2.56 bits per heavy atom. The van der Waals surface area contributed by atoms with Crippen LogP contribution in [0.1, 0.15) is 6.42 Å². The summed E-state index contributed by atoms with van der Waals surface area (Å²) in [5.41, 5.74) is 1.99. The van der Waals surface area contributed by atoms with Gasteiger partial charge in [-0.2, -0.15) is 0 Å². The smallest absolute Gasteiger partial charge is 0.178 e. The van der Waals surface area contributed by atoms with Gasteiger partial charge in [0.2, 0.25) is 0 Å². The number of sulfone groups is 1. The number of nitrogen functional groups attached to an aromatic ring is 1. The predicted octanol–water partition coefficient (Wildman–Crippen LogP) is 0.244. The van der Waals surface area contributed by atoms with Crippen molar-refractivity contribution in [3.63, 3.8) is 0 Å². The molecule has 0 spiro atoms. The molecule has 1 aliphatic rings. The van der Waals surface area contributed by atoms with E-state index in [1.807, 2.05) is 5.43 Å². The Bertz CT molecular complexity index is 564. The minimum atomic E-state index is -3.08. The van der Waals surface area contributed by atoms with Gasteiger partial charge in [0.25, 0.3) is 0 Å². The first-order chi connectivity index (χ1) is 8.41. The number of hydrazine groups is 1. The average Bonchev–Trinajstić information content (AvgIpc) is 2.62. The molecule has 0 aliphatic carbocycles. The lowest BCUT2D eigenvalue weighted by Crippen LogP contribution is -2.23. The maximum atomic E-state index is 13.4. The molecule has 6 nitrogen and oxygen atoms in total. The lowest BCUT2D eigenvalue weighted by Gasteiger charge is -2.13. The number of halogens is 2. The molecule has 1 atom stereocenters. The van der Waals surface area contributed by atoms with E-state index in [4.69, 9.17) is 5.84 Å². The van der Waals surface area contributed by atoms with E-state index in [0.29, 0.717) is 12.5 Å². The van der Waals surface area contributed by atoms with Crippen LogP contribution in [0.3, 0.4) is 0 Å². The van der Waals surface area contributed by atoms with Gasteiger partial charge in [0.05, 0.1) is 11.5 Å². The van der Waals surface area contributed by atoms with Crippen LogP contribution in [0, 0.1) is 11.6 Å². The maximum Gasteiger partial charge on any atom is 0.178 e. The number of rotatable bonds is 3. The molecule has 4 N–H and O–H groups in total. The van der Waals surface area contributed by atoms with E-state index in [2.05, 4.69) is 10.3 Å². The third kappa shape index (κ3) is 2.67. The molecular formula is C9H12F2N4O2S. The Morgan fingerprint density at radius 1 is 1.33 bits per heavy atom. The number of aromatic nitrogens is 1. The zero-order valence-electron chi connectivity index (χ0n) is 9.28. The number of hydrogen-bond donors (Lipinski definition) is 3. The molecule has 1 unspecified atom stereocenters. The lowest BCUT2D eigenvalue weighted by atomic mass is 10.2. The molecule has 2 rings (SSSR count). The summed E-state index contributed by atoms with van der Waals surface area (Å²) < 4.78 is 49.0. The molecule has 0 saturated carbocycles. The topological polar surface area (TPSA) is 97.1 Å². The molecular weight excluding hydrogens is 266 g/mol. The third-order valence-electron chi connectivity index (χ3n) is 2.64. The summed E-state index contributed by atoms with van der Waals surface area (Å²) in [4.78, 5) is 3.61. The van der Waals surface area contributed by atoms with Crippen molar-refractivity contribution in [2.24, 2.45) is 5.84 Å². The van der Waals surface area contributed by atoms with Crippen molar-refractivity contribution in [2.45, 2.75) is 12.5 Å². The Balaban J connectivity index is 2.19. The van der Waals surface area contributed by atoms with Crippen LogP contribution in [0.4, 0.5) is 20.4 Å². The fraction of sp³-hybridized carbons (Fsp3) is 0.444. The van der Waals surface area contributed by atoms with Gasteiger partial charge in [-0.25, -0.2) is 28.0 Å². The van der Waals surface area contributed by atoms with E-state index in [0.717, 1.165) is 0 Å². The van der Waals surface area contributed by atoms with Crippen LogP contribution in [0.25, 0.3) is 0 Å². The summed E-state index contributed by atoms with van der Waals surface area (Å²) in [5.74, 6) is 2.66. The zero-order chi connectivity index (χ0) is 13.3. The lowest BCUT2D eigenvalue weighted by molar-refractivity contribution is 0.575. The quantitative estimate of drug-likeness (QED) is 0.541. The first-order valence-corrected chi connectivity index (χ1v) is 7.03. The summed E-state index contributed by atoms with van der Waals surface area (Å²) in [6.45, 7) is 0. The van der Waals surface area contributed by atoms with E-state index < -0.39 is 27.5 Å². The van der Waals surface area contributed by atoms with Crippen LogP contribution in [0.2, 0.25) is 0 Å². The molecule has 1 saturated heterocycles. The van der Waals surface area contributed by atoms with Crippen molar-refractivity contribution < 1.29 is 17.2 Å². The highest BCUT2D eigenvalue weighted by molar-refractivity contribution is 7.91. The molecule has 9 heteroatoms. The summed E-state index contributed by atoms with van der Waals surface area (Å²) >= 11 is 0. The summed E-state index contributed by atoms with van der Waals surface area (Å²) in [5, 5.41) is 2.64. The molecule has 0 radical (unpaired) electrons. The number of hydrogen-bond acceptors (Lipinski definition) is 6. The van der Waals surface area contributed by atoms with Crippen LogP contribution < -0.4 is 16.6 Å². The molecule has 1 aromatic heterocycles. The summed E-state index contributed by atoms with van der Waals surface area (Å²) in [7, 11) is -3.08. The molecule has 2 heterocycles. The minimum absolute atomic E-state index is 0.0511. The Kier molecular flexibility index (Phi) is 3.35. The molecule has 1 aliphatic heterocycles. The van der Waals surface area contributed by atoms with Gasteiger partial charge in [0.15, 0.2) is 33.1 Å². The number of nitrogens with two attached hydrogens (primary N) is 1. The van der Waals surface area contributed by atoms with Gasteiger partial charge < -0.3 is 10.7 Å². The van der Waals surface area contributed by atoms with Gasteiger partial charge in [0, 0.05) is 12.1 Å². The monoisotopic (exact) mass is 278 g/mol. The Morgan fingerprint density at radius 2 is 2.00 bits per heavy atom. The van der Waals surface area contributed by atoms with Crippen LogP contribution in [-0.2, 0) is 9.84 Å². The molecule has 0 aromatic carbocycles. The van der Waals surface area contributed by atoms with E-state index in [9.17, 15) is 17.2 Å². The van der Waals surface area contributed by atoms with Crippen molar-refractivity contribution in [3.8, 4) is 0 Å². The predicted molar refractivity (Wildman–Crippen MR) is 62.6 cm³/mol. The van der Waals surface area contributed by atoms with Crippen LogP contribution in [0.5, 0.6) is 0 Å². The fourth-order valence-corrected chi connectivity index (χ4v) is 3.44. The van der Waals surface area contributed by atoms with Gasteiger partial charge in [0.1, 0.15) is 0 Å². The Hall–Kier alpha value is -1.48. The first kappa shape index (κ1) is 13.0. The fourth-order valence-electron chi connectivity index (χ4n) is 1.77.